The first-order chi connectivity index (χ1) is 12.5. The molecule has 136 valence electrons. The number of nitro groups is 1. The predicted octanol–water partition coefficient (Wildman–Crippen LogP) is 4.52. The van der Waals surface area contributed by atoms with Gasteiger partial charge in [0.1, 0.15) is 0 Å². The summed E-state index contributed by atoms with van der Waals surface area (Å²) in [5, 5.41) is 11.7. The molecule has 1 unspecified atom stereocenters. The maximum Gasteiger partial charge on any atom is 0.311 e. The molecule has 0 radical (unpaired) electrons. The van der Waals surface area contributed by atoms with Crippen LogP contribution in [0.3, 0.4) is 0 Å². The van der Waals surface area contributed by atoms with Gasteiger partial charge in [-0.15, -0.1) is 11.8 Å². The van der Waals surface area contributed by atoms with Crippen molar-refractivity contribution in [2.24, 2.45) is 0 Å². The Morgan fingerprint density at radius 1 is 1.35 bits per heavy atom. The van der Waals surface area contributed by atoms with Crippen LogP contribution in [-0.2, 0) is 0 Å². The lowest BCUT2D eigenvalue weighted by Crippen LogP contribution is -2.32. The van der Waals surface area contributed by atoms with E-state index >= 15 is 0 Å². The number of anilines is 1. The second kappa shape index (κ2) is 7.78. The second-order valence-corrected chi connectivity index (χ2v) is 7.49. The van der Waals surface area contributed by atoms with Crippen LogP contribution in [0.25, 0.3) is 0 Å². The molecule has 2 aromatic rings. The minimum absolute atomic E-state index is 0.175. The fourth-order valence-electron chi connectivity index (χ4n) is 2.92. The highest BCUT2D eigenvalue weighted by Crippen LogP contribution is 2.38. The summed E-state index contributed by atoms with van der Waals surface area (Å²) in [6.45, 7) is 4.79. The molecule has 1 aliphatic heterocycles. The Kier molecular flexibility index (Phi) is 5.46. The number of hydrogen-bond acceptors (Lipinski definition) is 5. The molecule has 2 aromatic carbocycles. The summed E-state index contributed by atoms with van der Waals surface area (Å²) in [5.41, 5.74) is 0.946. The lowest BCUT2D eigenvalue weighted by atomic mass is 10.1. The van der Waals surface area contributed by atoms with Crippen molar-refractivity contribution in [2.75, 3.05) is 18.1 Å². The van der Waals surface area contributed by atoms with Gasteiger partial charge in [0.15, 0.2) is 5.75 Å². The first-order valence-corrected chi connectivity index (χ1v) is 9.38. The fraction of sp³-hybridized carbons (Fsp3) is 0.316. The van der Waals surface area contributed by atoms with E-state index < -0.39 is 4.92 Å². The van der Waals surface area contributed by atoms with Crippen molar-refractivity contribution in [1.82, 2.24) is 0 Å². The third kappa shape index (κ3) is 3.67. The van der Waals surface area contributed by atoms with Crippen molar-refractivity contribution in [3.63, 3.8) is 0 Å². The van der Waals surface area contributed by atoms with Crippen molar-refractivity contribution in [3.05, 3.63) is 58.1 Å². The number of amides is 1. The maximum atomic E-state index is 13.1. The van der Waals surface area contributed by atoms with Gasteiger partial charge in [-0.05, 0) is 37.6 Å². The number of nitrogens with zero attached hydrogens (tertiary/aromatic N) is 2. The van der Waals surface area contributed by atoms with Crippen molar-refractivity contribution in [2.45, 2.75) is 30.4 Å². The molecule has 0 bridgehead atoms. The first-order valence-electron chi connectivity index (χ1n) is 8.50. The minimum Gasteiger partial charge on any atom is -0.487 e. The van der Waals surface area contributed by atoms with E-state index in [-0.39, 0.29) is 22.9 Å². The molecule has 1 amide bonds. The number of thioether (sulfide) groups is 1. The number of nitro benzene ring substituents is 1. The van der Waals surface area contributed by atoms with Crippen LogP contribution in [-0.4, -0.2) is 29.2 Å². The molecule has 0 spiro atoms. The van der Waals surface area contributed by atoms with E-state index in [1.54, 1.807) is 29.7 Å². The summed E-state index contributed by atoms with van der Waals surface area (Å²) < 4.78 is 5.30. The number of ether oxygens (including phenoxy) is 1. The lowest BCUT2D eigenvalue weighted by molar-refractivity contribution is -0.385. The lowest BCUT2D eigenvalue weighted by Gasteiger charge is -2.22. The van der Waals surface area contributed by atoms with Gasteiger partial charge in [-0.2, -0.15) is 0 Å². The van der Waals surface area contributed by atoms with Gasteiger partial charge in [-0.25, -0.2) is 0 Å². The summed E-state index contributed by atoms with van der Waals surface area (Å²) in [5.74, 6) is -0.0622. The summed E-state index contributed by atoms with van der Waals surface area (Å²) >= 11 is 1.74. The van der Waals surface area contributed by atoms with Crippen LogP contribution < -0.4 is 9.64 Å². The first kappa shape index (κ1) is 18.3. The second-order valence-electron chi connectivity index (χ2n) is 6.01. The Morgan fingerprint density at radius 3 is 2.85 bits per heavy atom. The number of carbonyl (C=O) groups excluding carboxylic acids is 1. The van der Waals surface area contributed by atoms with E-state index in [1.165, 1.54) is 12.1 Å². The van der Waals surface area contributed by atoms with Crippen LogP contribution in [0.1, 0.15) is 30.6 Å². The Morgan fingerprint density at radius 2 is 2.12 bits per heavy atom. The zero-order valence-electron chi connectivity index (χ0n) is 14.7. The van der Waals surface area contributed by atoms with Crippen LogP contribution >= 0.6 is 11.8 Å². The van der Waals surface area contributed by atoms with Gasteiger partial charge < -0.3 is 9.64 Å². The Bertz CT molecular complexity index is 840. The highest BCUT2D eigenvalue weighted by molar-refractivity contribution is 8.00. The van der Waals surface area contributed by atoms with E-state index in [0.29, 0.717) is 18.4 Å². The third-order valence-corrected chi connectivity index (χ3v) is 5.43. The monoisotopic (exact) mass is 372 g/mol. The molecule has 0 aromatic heterocycles. The van der Waals surface area contributed by atoms with Crippen molar-refractivity contribution in [1.29, 1.82) is 0 Å². The molecule has 0 saturated carbocycles. The summed E-state index contributed by atoms with van der Waals surface area (Å²) in [6, 6.07) is 12.2. The van der Waals surface area contributed by atoms with E-state index in [0.717, 1.165) is 17.0 Å². The summed E-state index contributed by atoms with van der Waals surface area (Å²) in [4.78, 5) is 26.7. The van der Waals surface area contributed by atoms with Crippen LogP contribution in [0.15, 0.2) is 47.4 Å². The molecular weight excluding hydrogens is 352 g/mol. The molecule has 0 N–H and O–H groups in total. The smallest absolute Gasteiger partial charge is 0.311 e. The van der Waals surface area contributed by atoms with Gasteiger partial charge in [0.25, 0.3) is 5.91 Å². The molecule has 0 saturated heterocycles. The topological polar surface area (TPSA) is 72.7 Å². The van der Waals surface area contributed by atoms with Crippen molar-refractivity contribution < 1.29 is 14.5 Å². The van der Waals surface area contributed by atoms with Gasteiger partial charge in [-0.1, -0.05) is 19.1 Å². The Labute approximate surface area is 156 Å². The zero-order chi connectivity index (χ0) is 18.7. The van der Waals surface area contributed by atoms with E-state index in [4.69, 9.17) is 4.74 Å². The SMILES string of the molecule is CCOc1ccc(C(=O)N2CCC(C)Sc3ccccc32)cc1[N+](=O)[O-]. The van der Waals surface area contributed by atoms with Crippen LogP contribution in [0.5, 0.6) is 5.75 Å². The molecular formula is C19H20N2O4S. The average molecular weight is 372 g/mol. The van der Waals surface area contributed by atoms with Crippen molar-refractivity contribution in [3.8, 4) is 5.75 Å². The molecule has 1 aliphatic rings. The number of rotatable bonds is 4. The average Bonchev–Trinajstić information content (AvgIpc) is 2.79. The minimum atomic E-state index is -0.518. The predicted molar refractivity (Wildman–Crippen MR) is 102 cm³/mol. The molecule has 26 heavy (non-hydrogen) atoms. The largest absolute Gasteiger partial charge is 0.487 e. The van der Waals surface area contributed by atoms with Crippen LogP contribution in [0.2, 0.25) is 0 Å². The van der Waals surface area contributed by atoms with Gasteiger partial charge in [0, 0.05) is 28.3 Å². The number of fused-ring (bicyclic) bond motifs is 1. The molecule has 7 heteroatoms. The molecule has 0 fully saturated rings. The van der Waals surface area contributed by atoms with Gasteiger partial charge in [-0.3, -0.25) is 14.9 Å². The number of hydrogen-bond donors (Lipinski definition) is 0. The van der Waals surface area contributed by atoms with Crippen molar-refractivity contribution >= 4 is 29.0 Å². The summed E-state index contributed by atoms with van der Waals surface area (Å²) in [7, 11) is 0. The van der Waals surface area contributed by atoms with E-state index in [9.17, 15) is 14.9 Å². The molecule has 3 rings (SSSR count). The highest BCUT2D eigenvalue weighted by Gasteiger charge is 2.27. The van der Waals surface area contributed by atoms with Gasteiger partial charge in [0.2, 0.25) is 0 Å². The van der Waals surface area contributed by atoms with Crippen LogP contribution in [0.4, 0.5) is 11.4 Å². The standard InChI is InChI=1S/C19H20N2O4S/c1-3-25-17-9-8-14(12-16(17)21(23)24)19(22)20-11-10-13(2)26-18-7-5-4-6-15(18)20/h4-9,12-13H,3,10-11H2,1-2H3. The zero-order valence-corrected chi connectivity index (χ0v) is 15.5. The number of benzene rings is 2. The summed E-state index contributed by atoms with van der Waals surface area (Å²) in [6.07, 6.45) is 0.851. The highest BCUT2D eigenvalue weighted by atomic mass is 32.2. The van der Waals surface area contributed by atoms with Crippen LogP contribution in [0, 0.1) is 10.1 Å². The normalized spacial score (nSPS) is 16.5. The molecule has 0 aliphatic carbocycles. The van der Waals surface area contributed by atoms with E-state index in [1.807, 2.05) is 24.3 Å². The molecule has 6 nitrogen and oxygen atoms in total. The Balaban J connectivity index is 1.99. The third-order valence-electron chi connectivity index (χ3n) is 4.19. The quantitative estimate of drug-likeness (QED) is 0.582. The maximum absolute atomic E-state index is 13.1. The number of carbonyl (C=O) groups is 1. The molecule has 1 atom stereocenters. The van der Waals surface area contributed by atoms with Gasteiger partial charge in [0.05, 0.1) is 17.2 Å². The number of para-hydroxylation sites is 1. The van der Waals surface area contributed by atoms with Gasteiger partial charge >= 0.3 is 5.69 Å². The fourth-order valence-corrected chi connectivity index (χ4v) is 4.04. The Hall–Kier alpha value is -2.54. The molecule has 1 heterocycles. The van der Waals surface area contributed by atoms with E-state index in [2.05, 4.69) is 6.92 Å².